The number of carboxylic acid groups (broad SMARTS) is 1. The van der Waals surface area contributed by atoms with Gasteiger partial charge in [0, 0.05) is 6.54 Å². The van der Waals surface area contributed by atoms with Crippen LogP contribution >= 0.6 is 0 Å². The number of carbonyl (C=O) groups is 1. The first-order valence-corrected chi connectivity index (χ1v) is 5.13. The van der Waals surface area contributed by atoms with Crippen molar-refractivity contribution < 1.29 is 15.0 Å². The summed E-state index contributed by atoms with van der Waals surface area (Å²) >= 11 is 0. The molecule has 0 radical (unpaired) electrons. The van der Waals surface area contributed by atoms with Crippen molar-refractivity contribution in [2.24, 2.45) is 5.92 Å². The number of aliphatic hydroxyl groups is 1. The summed E-state index contributed by atoms with van der Waals surface area (Å²) in [7, 11) is 0. The Kier molecular flexibility index (Phi) is 7.42. The molecule has 4 nitrogen and oxygen atoms in total. The van der Waals surface area contributed by atoms with Gasteiger partial charge in [-0.15, -0.1) is 0 Å². The van der Waals surface area contributed by atoms with Crippen LogP contribution in [0.2, 0.25) is 0 Å². The summed E-state index contributed by atoms with van der Waals surface area (Å²) in [6, 6.07) is 0. The minimum atomic E-state index is -0.957. The molecule has 0 saturated heterocycles. The van der Waals surface area contributed by atoms with Gasteiger partial charge in [-0.2, -0.15) is 0 Å². The zero-order valence-electron chi connectivity index (χ0n) is 8.99. The minimum absolute atomic E-state index is 0.183. The Hall–Kier alpha value is -0.610. The van der Waals surface area contributed by atoms with Gasteiger partial charge in [0.1, 0.15) is 0 Å². The molecular weight excluding hydrogens is 182 g/mol. The third-order valence-electron chi connectivity index (χ3n) is 1.93. The number of nitrogens with one attached hydrogen (secondary N) is 1. The molecule has 1 unspecified atom stereocenters. The van der Waals surface area contributed by atoms with Crippen LogP contribution in [0.3, 0.4) is 0 Å². The molecule has 0 spiro atoms. The maximum atomic E-state index is 10.2. The predicted molar refractivity (Wildman–Crippen MR) is 55.2 cm³/mol. The van der Waals surface area contributed by atoms with Gasteiger partial charge in [0.05, 0.1) is 12.5 Å². The Morgan fingerprint density at radius 2 is 2.07 bits per heavy atom. The molecule has 0 rings (SSSR count). The molecule has 0 saturated carbocycles. The largest absolute Gasteiger partial charge is 0.481 e. The van der Waals surface area contributed by atoms with Gasteiger partial charge in [0.2, 0.25) is 0 Å². The summed E-state index contributed by atoms with van der Waals surface area (Å²) in [4.78, 5) is 10.2. The Morgan fingerprint density at radius 1 is 1.43 bits per heavy atom. The van der Waals surface area contributed by atoms with E-state index in [1.54, 1.807) is 0 Å². The highest BCUT2D eigenvalue weighted by atomic mass is 16.4. The predicted octanol–water partition coefficient (Wildman–Crippen LogP) is 0.848. The molecule has 84 valence electrons. The lowest BCUT2D eigenvalue weighted by atomic mass is 10.1. The van der Waals surface area contributed by atoms with E-state index in [0.29, 0.717) is 12.5 Å². The van der Waals surface area contributed by atoms with Gasteiger partial charge in [0.25, 0.3) is 0 Å². The summed E-state index contributed by atoms with van der Waals surface area (Å²) < 4.78 is 0. The highest BCUT2D eigenvalue weighted by molar-refractivity contribution is 5.67. The van der Waals surface area contributed by atoms with Crippen molar-refractivity contribution >= 4 is 5.97 Å². The lowest BCUT2D eigenvalue weighted by Crippen LogP contribution is -2.29. The summed E-state index contributed by atoms with van der Waals surface area (Å²) in [6.45, 7) is 5.54. The van der Waals surface area contributed by atoms with Crippen molar-refractivity contribution in [2.45, 2.75) is 39.2 Å². The molecule has 0 fully saturated rings. The molecule has 0 amide bonds. The van der Waals surface area contributed by atoms with Crippen LogP contribution in [0.4, 0.5) is 0 Å². The molecule has 0 aromatic rings. The Balaban J connectivity index is 3.23. The Morgan fingerprint density at radius 3 is 2.57 bits per heavy atom. The fourth-order valence-corrected chi connectivity index (χ4v) is 1.18. The monoisotopic (exact) mass is 203 g/mol. The SMILES string of the molecule is CC(C)CCCNCC(O)CC(=O)O. The topological polar surface area (TPSA) is 69.6 Å². The van der Waals surface area contributed by atoms with Gasteiger partial charge >= 0.3 is 5.97 Å². The van der Waals surface area contributed by atoms with Crippen LogP contribution in [0.5, 0.6) is 0 Å². The standard InChI is InChI=1S/C10H21NO3/c1-8(2)4-3-5-11-7-9(12)6-10(13)14/h8-9,11-12H,3-7H2,1-2H3,(H,13,14). The zero-order valence-corrected chi connectivity index (χ0v) is 8.99. The van der Waals surface area contributed by atoms with E-state index < -0.39 is 12.1 Å². The smallest absolute Gasteiger partial charge is 0.306 e. The van der Waals surface area contributed by atoms with Gasteiger partial charge in [-0.3, -0.25) is 4.79 Å². The van der Waals surface area contributed by atoms with Crippen molar-refractivity contribution in [1.82, 2.24) is 5.32 Å². The molecule has 0 aliphatic rings. The van der Waals surface area contributed by atoms with E-state index in [0.717, 1.165) is 19.4 Å². The fraction of sp³-hybridized carbons (Fsp3) is 0.900. The Bertz CT molecular complexity index is 159. The molecule has 0 aliphatic heterocycles. The zero-order chi connectivity index (χ0) is 11.0. The second-order valence-corrected chi connectivity index (χ2v) is 3.99. The van der Waals surface area contributed by atoms with Gasteiger partial charge < -0.3 is 15.5 Å². The van der Waals surface area contributed by atoms with E-state index in [2.05, 4.69) is 19.2 Å². The molecule has 0 aliphatic carbocycles. The second-order valence-electron chi connectivity index (χ2n) is 3.99. The van der Waals surface area contributed by atoms with Gasteiger partial charge in [-0.1, -0.05) is 13.8 Å². The van der Waals surface area contributed by atoms with Crippen molar-refractivity contribution in [2.75, 3.05) is 13.1 Å². The van der Waals surface area contributed by atoms with Crippen molar-refractivity contribution in [3.05, 3.63) is 0 Å². The quantitative estimate of drug-likeness (QED) is 0.511. The summed E-state index contributed by atoms with van der Waals surface area (Å²) in [5, 5.41) is 20.6. The first kappa shape index (κ1) is 13.4. The average molecular weight is 203 g/mol. The maximum Gasteiger partial charge on any atom is 0.306 e. The van der Waals surface area contributed by atoms with E-state index in [-0.39, 0.29) is 6.42 Å². The second kappa shape index (κ2) is 7.76. The van der Waals surface area contributed by atoms with Crippen molar-refractivity contribution in [3.8, 4) is 0 Å². The number of aliphatic hydroxyl groups excluding tert-OH is 1. The summed E-state index contributed by atoms with van der Waals surface area (Å²) in [5.74, 6) is -0.262. The molecule has 14 heavy (non-hydrogen) atoms. The van der Waals surface area contributed by atoms with E-state index in [4.69, 9.17) is 5.11 Å². The third-order valence-corrected chi connectivity index (χ3v) is 1.93. The normalized spacial score (nSPS) is 13.1. The molecule has 1 atom stereocenters. The van der Waals surface area contributed by atoms with Crippen LogP contribution in [-0.4, -0.2) is 35.4 Å². The summed E-state index contributed by atoms with van der Waals surface area (Å²) in [5.41, 5.74) is 0. The Labute approximate surface area is 85.3 Å². The number of aliphatic carboxylic acids is 1. The van der Waals surface area contributed by atoms with E-state index in [1.165, 1.54) is 0 Å². The van der Waals surface area contributed by atoms with Crippen LogP contribution in [0.25, 0.3) is 0 Å². The first-order chi connectivity index (χ1) is 6.52. The van der Waals surface area contributed by atoms with E-state index in [9.17, 15) is 9.90 Å². The van der Waals surface area contributed by atoms with E-state index >= 15 is 0 Å². The van der Waals surface area contributed by atoms with Crippen LogP contribution < -0.4 is 5.32 Å². The fourth-order valence-electron chi connectivity index (χ4n) is 1.18. The van der Waals surface area contributed by atoms with Crippen molar-refractivity contribution in [3.63, 3.8) is 0 Å². The molecular formula is C10H21NO3. The maximum absolute atomic E-state index is 10.2. The molecule has 3 N–H and O–H groups in total. The lowest BCUT2D eigenvalue weighted by molar-refractivity contribution is -0.139. The molecule has 0 heterocycles. The molecule has 0 bridgehead atoms. The highest BCUT2D eigenvalue weighted by Gasteiger charge is 2.07. The molecule has 0 aromatic heterocycles. The van der Waals surface area contributed by atoms with Crippen LogP contribution in [0.15, 0.2) is 0 Å². The third kappa shape index (κ3) is 9.48. The minimum Gasteiger partial charge on any atom is -0.481 e. The number of carboxylic acids is 1. The highest BCUT2D eigenvalue weighted by Crippen LogP contribution is 2.01. The first-order valence-electron chi connectivity index (χ1n) is 5.13. The molecule has 0 aromatic carbocycles. The summed E-state index contributed by atoms with van der Waals surface area (Å²) in [6.07, 6.45) is 1.27. The number of hydrogen-bond acceptors (Lipinski definition) is 3. The van der Waals surface area contributed by atoms with Gasteiger partial charge in [0.15, 0.2) is 0 Å². The number of rotatable bonds is 8. The van der Waals surface area contributed by atoms with E-state index in [1.807, 2.05) is 0 Å². The van der Waals surface area contributed by atoms with Crippen LogP contribution in [-0.2, 0) is 4.79 Å². The molecule has 4 heteroatoms. The van der Waals surface area contributed by atoms with Crippen molar-refractivity contribution in [1.29, 1.82) is 0 Å². The average Bonchev–Trinajstić information content (AvgIpc) is 2.01. The van der Waals surface area contributed by atoms with Crippen LogP contribution in [0.1, 0.15) is 33.1 Å². The van der Waals surface area contributed by atoms with Gasteiger partial charge in [-0.05, 0) is 25.3 Å². The van der Waals surface area contributed by atoms with Crippen LogP contribution in [0, 0.1) is 5.92 Å². The van der Waals surface area contributed by atoms with Gasteiger partial charge in [-0.25, -0.2) is 0 Å². The number of hydrogen-bond donors (Lipinski definition) is 3. The lowest BCUT2D eigenvalue weighted by Gasteiger charge is -2.10.